The molecule has 0 saturated carbocycles. The summed E-state index contributed by atoms with van der Waals surface area (Å²) in [6.07, 6.45) is 0. The minimum absolute atomic E-state index is 0.0693. The van der Waals surface area contributed by atoms with Crippen molar-refractivity contribution >= 4 is 0 Å². The monoisotopic (exact) mass is 248 g/mol. The maximum Gasteiger partial charge on any atom is 0.0419 e. The van der Waals surface area contributed by atoms with Crippen LogP contribution >= 0.6 is 0 Å². The average molecular weight is 248 g/mol. The van der Waals surface area contributed by atoms with Crippen LogP contribution in [0.3, 0.4) is 0 Å². The third-order valence-electron chi connectivity index (χ3n) is 3.34. The Bertz CT molecular complexity index is 408. The predicted molar refractivity (Wildman–Crippen MR) is 79.8 cm³/mol. The van der Waals surface area contributed by atoms with Crippen molar-refractivity contribution in [3.05, 3.63) is 34.9 Å². The van der Waals surface area contributed by atoms with Gasteiger partial charge in [0, 0.05) is 12.6 Å². The standard InChI is InChI=1S/C16H28N2/c1-15(2,3)12-8-7-11(14(18)10-17)9-13(12)16(4,5)6/h7-9,14H,10,17-18H2,1-6H3. The van der Waals surface area contributed by atoms with E-state index >= 15 is 0 Å². The van der Waals surface area contributed by atoms with Gasteiger partial charge in [0.1, 0.15) is 0 Å². The largest absolute Gasteiger partial charge is 0.329 e. The average Bonchev–Trinajstić information content (AvgIpc) is 2.24. The van der Waals surface area contributed by atoms with Gasteiger partial charge < -0.3 is 11.5 Å². The maximum absolute atomic E-state index is 6.04. The fraction of sp³-hybridized carbons (Fsp3) is 0.625. The van der Waals surface area contributed by atoms with Gasteiger partial charge in [0.05, 0.1) is 0 Å². The van der Waals surface area contributed by atoms with Gasteiger partial charge in [0.25, 0.3) is 0 Å². The smallest absolute Gasteiger partial charge is 0.0419 e. The Hall–Kier alpha value is -0.860. The molecule has 1 unspecified atom stereocenters. The van der Waals surface area contributed by atoms with Crippen molar-refractivity contribution in [2.45, 2.75) is 58.4 Å². The Morgan fingerprint density at radius 1 is 0.944 bits per heavy atom. The summed E-state index contributed by atoms with van der Waals surface area (Å²) in [7, 11) is 0. The van der Waals surface area contributed by atoms with E-state index in [1.165, 1.54) is 11.1 Å². The molecule has 1 rings (SSSR count). The topological polar surface area (TPSA) is 52.0 Å². The van der Waals surface area contributed by atoms with Crippen LogP contribution in [-0.4, -0.2) is 6.54 Å². The highest BCUT2D eigenvalue weighted by Gasteiger charge is 2.25. The second-order valence-corrected chi connectivity index (χ2v) is 7.15. The number of rotatable bonds is 2. The van der Waals surface area contributed by atoms with Gasteiger partial charge in [-0.05, 0) is 27.5 Å². The Labute approximate surface area is 112 Å². The molecule has 0 aliphatic rings. The number of nitrogens with two attached hydrogens (primary N) is 2. The molecule has 0 bridgehead atoms. The van der Waals surface area contributed by atoms with Crippen molar-refractivity contribution in [3.63, 3.8) is 0 Å². The molecule has 0 saturated heterocycles. The molecule has 1 aromatic rings. The van der Waals surface area contributed by atoms with E-state index < -0.39 is 0 Å². The van der Waals surface area contributed by atoms with Crippen LogP contribution in [0.5, 0.6) is 0 Å². The third kappa shape index (κ3) is 3.33. The highest BCUT2D eigenvalue weighted by Crippen LogP contribution is 2.35. The molecule has 0 aliphatic heterocycles. The Morgan fingerprint density at radius 3 is 1.83 bits per heavy atom. The predicted octanol–water partition coefficient (Wildman–Crippen LogP) is 3.24. The lowest BCUT2D eigenvalue weighted by molar-refractivity contribution is 0.528. The fourth-order valence-electron chi connectivity index (χ4n) is 2.20. The zero-order valence-electron chi connectivity index (χ0n) is 12.7. The van der Waals surface area contributed by atoms with E-state index in [0.717, 1.165) is 5.56 Å². The summed E-state index contributed by atoms with van der Waals surface area (Å²) in [6, 6.07) is 6.50. The maximum atomic E-state index is 6.04. The molecule has 2 heteroatoms. The van der Waals surface area contributed by atoms with Crippen molar-refractivity contribution in [1.82, 2.24) is 0 Å². The molecule has 0 amide bonds. The summed E-state index contributed by atoms with van der Waals surface area (Å²) in [4.78, 5) is 0. The number of hydrogen-bond donors (Lipinski definition) is 2. The van der Waals surface area contributed by atoms with Gasteiger partial charge in [-0.2, -0.15) is 0 Å². The van der Waals surface area contributed by atoms with Gasteiger partial charge >= 0.3 is 0 Å². The normalized spacial score (nSPS) is 14.7. The Kier molecular flexibility index (Phi) is 4.24. The van der Waals surface area contributed by atoms with Gasteiger partial charge in [-0.25, -0.2) is 0 Å². The van der Waals surface area contributed by atoms with Crippen molar-refractivity contribution in [2.75, 3.05) is 6.54 Å². The lowest BCUT2D eigenvalue weighted by Gasteiger charge is -2.31. The lowest BCUT2D eigenvalue weighted by atomic mass is 9.74. The van der Waals surface area contributed by atoms with Crippen LogP contribution in [0.1, 0.15) is 64.3 Å². The quantitative estimate of drug-likeness (QED) is 0.844. The van der Waals surface area contributed by atoms with Crippen molar-refractivity contribution in [1.29, 1.82) is 0 Å². The molecule has 0 fully saturated rings. The summed E-state index contributed by atoms with van der Waals surface area (Å²) in [6.45, 7) is 14.0. The summed E-state index contributed by atoms with van der Waals surface area (Å²) in [5.41, 5.74) is 15.9. The number of benzene rings is 1. The zero-order chi connectivity index (χ0) is 14.1. The van der Waals surface area contributed by atoms with Gasteiger partial charge in [-0.15, -0.1) is 0 Å². The van der Waals surface area contributed by atoms with E-state index in [-0.39, 0.29) is 16.9 Å². The molecular formula is C16H28N2. The fourth-order valence-corrected chi connectivity index (χ4v) is 2.20. The van der Waals surface area contributed by atoms with E-state index in [2.05, 4.69) is 59.7 Å². The van der Waals surface area contributed by atoms with Gasteiger partial charge in [-0.3, -0.25) is 0 Å². The van der Waals surface area contributed by atoms with Crippen LogP contribution in [0.2, 0.25) is 0 Å². The molecule has 0 aromatic heterocycles. The zero-order valence-corrected chi connectivity index (χ0v) is 12.7. The van der Waals surface area contributed by atoms with E-state index in [9.17, 15) is 0 Å². The molecular weight excluding hydrogens is 220 g/mol. The molecule has 18 heavy (non-hydrogen) atoms. The molecule has 4 N–H and O–H groups in total. The van der Waals surface area contributed by atoms with Gasteiger partial charge in [0.15, 0.2) is 0 Å². The Balaban J connectivity index is 3.40. The third-order valence-corrected chi connectivity index (χ3v) is 3.34. The minimum atomic E-state index is -0.0693. The molecule has 102 valence electrons. The molecule has 0 aliphatic carbocycles. The first-order valence-corrected chi connectivity index (χ1v) is 6.68. The summed E-state index contributed by atoms with van der Waals surface area (Å²) >= 11 is 0. The van der Waals surface area contributed by atoms with Gasteiger partial charge in [-0.1, -0.05) is 59.7 Å². The van der Waals surface area contributed by atoms with Crippen LogP contribution in [-0.2, 0) is 10.8 Å². The van der Waals surface area contributed by atoms with E-state index in [1.54, 1.807) is 0 Å². The number of hydrogen-bond acceptors (Lipinski definition) is 2. The molecule has 0 spiro atoms. The SMILES string of the molecule is CC(C)(C)c1ccc(C(N)CN)cc1C(C)(C)C. The van der Waals surface area contributed by atoms with Crippen molar-refractivity contribution in [3.8, 4) is 0 Å². The van der Waals surface area contributed by atoms with Crippen molar-refractivity contribution < 1.29 is 0 Å². The van der Waals surface area contributed by atoms with Gasteiger partial charge in [0.2, 0.25) is 0 Å². The van der Waals surface area contributed by atoms with Crippen LogP contribution in [0, 0.1) is 0 Å². The molecule has 0 radical (unpaired) electrons. The molecule has 0 heterocycles. The highest BCUT2D eigenvalue weighted by molar-refractivity contribution is 5.41. The van der Waals surface area contributed by atoms with Crippen LogP contribution in [0.15, 0.2) is 18.2 Å². The van der Waals surface area contributed by atoms with Crippen LogP contribution in [0.25, 0.3) is 0 Å². The summed E-state index contributed by atoms with van der Waals surface area (Å²) in [5.74, 6) is 0. The first-order valence-electron chi connectivity index (χ1n) is 6.68. The first-order chi connectivity index (χ1) is 8.07. The lowest BCUT2D eigenvalue weighted by Crippen LogP contribution is -2.25. The summed E-state index contributed by atoms with van der Waals surface area (Å²) < 4.78 is 0. The molecule has 2 nitrogen and oxygen atoms in total. The van der Waals surface area contributed by atoms with E-state index in [0.29, 0.717) is 6.54 Å². The van der Waals surface area contributed by atoms with Crippen LogP contribution < -0.4 is 11.5 Å². The second-order valence-electron chi connectivity index (χ2n) is 7.15. The first kappa shape index (κ1) is 15.2. The molecule has 1 atom stereocenters. The van der Waals surface area contributed by atoms with E-state index in [1.807, 2.05) is 0 Å². The van der Waals surface area contributed by atoms with E-state index in [4.69, 9.17) is 11.5 Å². The summed E-state index contributed by atoms with van der Waals surface area (Å²) in [5, 5.41) is 0. The minimum Gasteiger partial charge on any atom is -0.329 e. The molecule has 1 aromatic carbocycles. The second kappa shape index (κ2) is 5.02. The highest BCUT2D eigenvalue weighted by atomic mass is 14.7. The Morgan fingerprint density at radius 2 is 1.44 bits per heavy atom. The van der Waals surface area contributed by atoms with Crippen LogP contribution in [0.4, 0.5) is 0 Å². The van der Waals surface area contributed by atoms with Crippen molar-refractivity contribution in [2.24, 2.45) is 11.5 Å².